The number of halogens is 1. The van der Waals surface area contributed by atoms with Crippen LogP contribution in [0.5, 0.6) is 0 Å². The van der Waals surface area contributed by atoms with Gasteiger partial charge >= 0.3 is 0 Å². The molecule has 1 aromatic heterocycles. The molecule has 0 bridgehead atoms. The van der Waals surface area contributed by atoms with E-state index in [9.17, 15) is 4.79 Å². The molecule has 4 nitrogen and oxygen atoms in total. The standard InChI is InChI=1S/C14H14ClN3O/c1-9(19)18-6-5-13-12(8-18)14(17-16-13)10-3-2-4-11(15)7-10/h2-4,7H,5-6,8H2,1H3,(H,16,17). The van der Waals surface area contributed by atoms with Crippen LogP contribution in [0.4, 0.5) is 0 Å². The molecule has 1 aliphatic rings. The van der Waals surface area contributed by atoms with E-state index >= 15 is 0 Å². The SMILES string of the molecule is CC(=O)N1CCc2[nH]nc(-c3cccc(Cl)c3)c2C1. The lowest BCUT2D eigenvalue weighted by atomic mass is 10.0. The quantitative estimate of drug-likeness (QED) is 0.870. The molecule has 0 saturated carbocycles. The first-order valence-corrected chi connectivity index (χ1v) is 6.60. The highest BCUT2D eigenvalue weighted by atomic mass is 35.5. The lowest BCUT2D eigenvalue weighted by Gasteiger charge is -2.25. The Labute approximate surface area is 116 Å². The van der Waals surface area contributed by atoms with Gasteiger partial charge in [-0.2, -0.15) is 5.10 Å². The topological polar surface area (TPSA) is 49.0 Å². The number of aromatic nitrogens is 2. The lowest BCUT2D eigenvalue weighted by Crippen LogP contribution is -2.34. The van der Waals surface area contributed by atoms with Crippen molar-refractivity contribution >= 4 is 17.5 Å². The van der Waals surface area contributed by atoms with Crippen LogP contribution in [0.15, 0.2) is 24.3 Å². The molecule has 0 aliphatic carbocycles. The predicted octanol–water partition coefficient (Wildman–Crippen LogP) is 2.63. The minimum absolute atomic E-state index is 0.101. The number of aromatic amines is 1. The summed E-state index contributed by atoms with van der Waals surface area (Å²) in [5.74, 6) is 0.101. The molecule has 1 aliphatic heterocycles. The van der Waals surface area contributed by atoms with Crippen LogP contribution in [0.3, 0.4) is 0 Å². The maximum absolute atomic E-state index is 11.5. The fourth-order valence-corrected chi connectivity index (χ4v) is 2.63. The predicted molar refractivity (Wildman–Crippen MR) is 73.8 cm³/mol. The molecule has 0 atom stereocenters. The van der Waals surface area contributed by atoms with Crippen molar-refractivity contribution < 1.29 is 4.79 Å². The molecule has 19 heavy (non-hydrogen) atoms. The summed E-state index contributed by atoms with van der Waals surface area (Å²) in [5, 5.41) is 8.14. The number of carbonyl (C=O) groups is 1. The van der Waals surface area contributed by atoms with Crippen LogP contribution in [0.25, 0.3) is 11.3 Å². The monoisotopic (exact) mass is 275 g/mol. The van der Waals surface area contributed by atoms with E-state index in [1.165, 1.54) is 0 Å². The van der Waals surface area contributed by atoms with Gasteiger partial charge in [-0.1, -0.05) is 23.7 Å². The number of rotatable bonds is 1. The average molecular weight is 276 g/mol. The molecule has 1 aromatic carbocycles. The van der Waals surface area contributed by atoms with Gasteiger partial charge in [-0.15, -0.1) is 0 Å². The van der Waals surface area contributed by atoms with Crippen LogP contribution in [-0.4, -0.2) is 27.5 Å². The summed E-state index contributed by atoms with van der Waals surface area (Å²) < 4.78 is 0. The molecule has 0 saturated heterocycles. The summed E-state index contributed by atoms with van der Waals surface area (Å²) in [7, 11) is 0. The first-order valence-electron chi connectivity index (χ1n) is 6.22. The molecule has 1 amide bonds. The number of H-pyrrole nitrogens is 1. The van der Waals surface area contributed by atoms with Crippen LogP contribution in [0.2, 0.25) is 5.02 Å². The van der Waals surface area contributed by atoms with Gasteiger partial charge in [-0.05, 0) is 12.1 Å². The van der Waals surface area contributed by atoms with Crippen molar-refractivity contribution in [2.75, 3.05) is 6.54 Å². The Morgan fingerprint density at radius 2 is 2.32 bits per heavy atom. The van der Waals surface area contributed by atoms with E-state index in [4.69, 9.17) is 11.6 Å². The number of nitrogens with one attached hydrogen (secondary N) is 1. The molecule has 2 heterocycles. The molecular weight excluding hydrogens is 262 g/mol. The van der Waals surface area contributed by atoms with Gasteiger partial charge in [0.05, 0.1) is 5.69 Å². The van der Waals surface area contributed by atoms with Gasteiger partial charge in [0.15, 0.2) is 0 Å². The Hall–Kier alpha value is -1.81. The van der Waals surface area contributed by atoms with E-state index in [1.54, 1.807) is 6.92 Å². The second-order valence-electron chi connectivity index (χ2n) is 4.73. The number of hydrogen-bond donors (Lipinski definition) is 1. The first kappa shape index (κ1) is 12.2. The Balaban J connectivity index is 2.01. The van der Waals surface area contributed by atoms with Crippen molar-refractivity contribution in [1.82, 2.24) is 15.1 Å². The highest BCUT2D eigenvalue weighted by Gasteiger charge is 2.23. The molecule has 0 radical (unpaired) electrons. The van der Waals surface area contributed by atoms with Gasteiger partial charge in [0.2, 0.25) is 5.91 Å². The second-order valence-corrected chi connectivity index (χ2v) is 5.17. The summed E-state index contributed by atoms with van der Waals surface area (Å²) in [6.07, 6.45) is 0.822. The normalized spacial score (nSPS) is 14.3. The Kier molecular flexibility index (Phi) is 3.03. The van der Waals surface area contributed by atoms with E-state index in [2.05, 4.69) is 10.2 Å². The molecule has 1 N–H and O–H groups in total. The maximum Gasteiger partial charge on any atom is 0.219 e. The molecule has 0 fully saturated rings. The van der Waals surface area contributed by atoms with Crippen LogP contribution in [-0.2, 0) is 17.8 Å². The molecule has 3 rings (SSSR count). The Bertz CT molecular complexity index is 635. The summed E-state index contributed by atoms with van der Waals surface area (Å²) in [6.45, 7) is 2.96. The third kappa shape index (κ3) is 2.24. The van der Waals surface area contributed by atoms with E-state index in [0.29, 0.717) is 11.6 Å². The zero-order chi connectivity index (χ0) is 13.4. The molecule has 0 unspecified atom stereocenters. The van der Waals surface area contributed by atoms with Crippen molar-refractivity contribution in [2.45, 2.75) is 19.9 Å². The van der Waals surface area contributed by atoms with Gasteiger partial charge in [-0.25, -0.2) is 0 Å². The van der Waals surface area contributed by atoms with Gasteiger partial charge in [0.25, 0.3) is 0 Å². The number of fused-ring (bicyclic) bond motifs is 1. The zero-order valence-electron chi connectivity index (χ0n) is 10.6. The van der Waals surface area contributed by atoms with Crippen LogP contribution >= 0.6 is 11.6 Å². The van der Waals surface area contributed by atoms with Crippen LogP contribution in [0.1, 0.15) is 18.2 Å². The lowest BCUT2D eigenvalue weighted by molar-refractivity contribution is -0.129. The summed E-state index contributed by atoms with van der Waals surface area (Å²) >= 11 is 6.02. The average Bonchev–Trinajstić information content (AvgIpc) is 2.81. The van der Waals surface area contributed by atoms with E-state index < -0.39 is 0 Å². The van der Waals surface area contributed by atoms with Crippen LogP contribution < -0.4 is 0 Å². The first-order chi connectivity index (χ1) is 9.15. The number of nitrogens with zero attached hydrogens (tertiary/aromatic N) is 2. The second kappa shape index (κ2) is 4.70. The van der Waals surface area contributed by atoms with Gasteiger partial charge in [0.1, 0.15) is 0 Å². The van der Waals surface area contributed by atoms with Crippen molar-refractivity contribution in [3.05, 3.63) is 40.5 Å². The van der Waals surface area contributed by atoms with Gasteiger partial charge < -0.3 is 4.90 Å². The zero-order valence-corrected chi connectivity index (χ0v) is 11.4. The molecule has 98 valence electrons. The number of carbonyl (C=O) groups excluding carboxylic acids is 1. The van der Waals surface area contributed by atoms with Gasteiger partial charge in [-0.3, -0.25) is 9.89 Å². The number of benzene rings is 1. The Morgan fingerprint density at radius 1 is 1.47 bits per heavy atom. The summed E-state index contributed by atoms with van der Waals surface area (Å²) in [4.78, 5) is 13.3. The fraction of sp³-hybridized carbons (Fsp3) is 0.286. The molecule has 0 spiro atoms. The number of amides is 1. The molecular formula is C14H14ClN3O. The third-order valence-corrected chi connectivity index (χ3v) is 3.71. The minimum Gasteiger partial charge on any atom is -0.338 e. The Morgan fingerprint density at radius 3 is 3.05 bits per heavy atom. The minimum atomic E-state index is 0.101. The highest BCUT2D eigenvalue weighted by Crippen LogP contribution is 2.29. The van der Waals surface area contributed by atoms with E-state index in [0.717, 1.165) is 35.5 Å². The van der Waals surface area contributed by atoms with Crippen LogP contribution in [0, 0.1) is 0 Å². The van der Waals surface area contributed by atoms with Crippen molar-refractivity contribution in [3.63, 3.8) is 0 Å². The smallest absolute Gasteiger partial charge is 0.219 e. The number of hydrogen-bond acceptors (Lipinski definition) is 2. The maximum atomic E-state index is 11.5. The van der Waals surface area contributed by atoms with Crippen molar-refractivity contribution in [2.24, 2.45) is 0 Å². The van der Waals surface area contributed by atoms with E-state index in [1.807, 2.05) is 29.2 Å². The van der Waals surface area contributed by atoms with Crippen molar-refractivity contribution in [1.29, 1.82) is 0 Å². The third-order valence-electron chi connectivity index (χ3n) is 3.48. The van der Waals surface area contributed by atoms with E-state index in [-0.39, 0.29) is 5.91 Å². The molecule has 2 aromatic rings. The van der Waals surface area contributed by atoms with Crippen molar-refractivity contribution in [3.8, 4) is 11.3 Å². The summed E-state index contributed by atoms with van der Waals surface area (Å²) in [5.41, 5.74) is 4.09. The molecule has 5 heteroatoms. The highest BCUT2D eigenvalue weighted by molar-refractivity contribution is 6.30. The fourth-order valence-electron chi connectivity index (χ4n) is 2.44. The largest absolute Gasteiger partial charge is 0.338 e. The van der Waals surface area contributed by atoms with Gasteiger partial charge in [0, 0.05) is 48.3 Å². The summed E-state index contributed by atoms with van der Waals surface area (Å²) in [6, 6.07) is 7.62.